The quantitative estimate of drug-likeness (QED) is 0.496. The highest BCUT2D eigenvalue weighted by atomic mass is 16.5. The first kappa shape index (κ1) is 22.1. The van der Waals surface area contributed by atoms with Crippen LogP contribution < -0.4 is 4.90 Å². The van der Waals surface area contributed by atoms with Crippen molar-refractivity contribution < 1.29 is 14.3 Å². The maximum Gasteiger partial charge on any atom is 0.277 e. The van der Waals surface area contributed by atoms with E-state index >= 15 is 0 Å². The van der Waals surface area contributed by atoms with Crippen molar-refractivity contribution in [3.8, 4) is 0 Å². The van der Waals surface area contributed by atoms with E-state index in [1.54, 1.807) is 7.11 Å². The Bertz CT molecular complexity index is 1020. The molecule has 0 atom stereocenters. The summed E-state index contributed by atoms with van der Waals surface area (Å²) in [6.45, 7) is 7.93. The highest BCUT2D eigenvalue weighted by Crippen LogP contribution is 2.34. The molecule has 2 aromatic carbocycles. The lowest BCUT2D eigenvalue weighted by Crippen LogP contribution is -2.47. The van der Waals surface area contributed by atoms with Crippen LogP contribution in [0.2, 0.25) is 0 Å². The van der Waals surface area contributed by atoms with Crippen LogP contribution in [0.15, 0.2) is 54.2 Å². The third kappa shape index (κ3) is 4.28. The van der Waals surface area contributed by atoms with Gasteiger partial charge in [0.05, 0.1) is 5.57 Å². The zero-order valence-corrected chi connectivity index (χ0v) is 19.1. The van der Waals surface area contributed by atoms with Gasteiger partial charge in [0.2, 0.25) is 0 Å². The Morgan fingerprint density at radius 3 is 2.22 bits per heavy atom. The summed E-state index contributed by atoms with van der Waals surface area (Å²) in [6.07, 6.45) is 0.628. The number of methoxy groups -OCH3 is 1. The summed E-state index contributed by atoms with van der Waals surface area (Å²) in [5.41, 5.74) is 5.28. The Hall–Kier alpha value is -3.12. The average molecular weight is 434 g/mol. The van der Waals surface area contributed by atoms with Crippen molar-refractivity contribution in [2.24, 2.45) is 0 Å². The van der Waals surface area contributed by atoms with Crippen LogP contribution in [-0.2, 0) is 14.3 Å². The summed E-state index contributed by atoms with van der Waals surface area (Å²) in [5, 5.41) is 0. The van der Waals surface area contributed by atoms with Crippen LogP contribution in [0, 0.1) is 13.8 Å². The molecule has 168 valence electrons. The Morgan fingerprint density at radius 1 is 0.875 bits per heavy atom. The Balaban J connectivity index is 1.64. The molecule has 0 aromatic heterocycles. The predicted molar refractivity (Wildman–Crippen MR) is 126 cm³/mol. The lowest BCUT2D eigenvalue weighted by molar-refractivity contribution is -0.137. The maximum absolute atomic E-state index is 13.5. The molecule has 0 saturated carbocycles. The van der Waals surface area contributed by atoms with Gasteiger partial charge in [0.1, 0.15) is 5.70 Å². The van der Waals surface area contributed by atoms with Gasteiger partial charge in [-0.1, -0.05) is 42.0 Å². The van der Waals surface area contributed by atoms with Crippen molar-refractivity contribution in [2.45, 2.75) is 20.3 Å². The highest BCUT2D eigenvalue weighted by molar-refractivity contribution is 6.35. The molecule has 0 spiro atoms. The molecule has 0 radical (unpaired) electrons. The number of rotatable bonds is 7. The molecule has 1 saturated heterocycles. The summed E-state index contributed by atoms with van der Waals surface area (Å²) < 4.78 is 5.13. The fraction of sp³-hybridized carbons (Fsp3) is 0.385. The molecular weight excluding hydrogens is 402 g/mol. The topological polar surface area (TPSA) is 53.1 Å². The minimum atomic E-state index is -0.196. The number of nitrogens with zero attached hydrogens (tertiary/aromatic N) is 3. The van der Waals surface area contributed by atoms with Crippen molar-refractivity contribution in [3.05, 3.63) is 70.9 Å². The summed E-state index contributed by atoms with van der Waals surface area (Å²) in [5.74, 6) is -0.382. The molecule has 2 heterocycles. The van der Waals surface area contributed by atoms with E-state index in [1.165, 1.54) is 10.6 Å². The third-order valence-electron chi connectivity index (χ3n) is 6.24. The number of hydrogen-bond donors (Lipinski definition) is 0. The molecule has 2 aliphatic rings. The number of carbonyl (C=O) groups is 2. The molecule has 2 aliphatic heterocycles. The number of imide groups is 1. The predicted octanol–water partition coefficient (Wildman–Crippen LogP) is 3.24. The molecule has 1 fully saturated rings. The smallest absolute Gasteiger partial charge is 0.277 e. The summed E-state index contributed by atoms with van der Waals surface area (Å²) in [4.78, 5) is 32.8. The Morgan fingerprint density at radius 2 is 1.56 bits per heavy atom. The first-order valence-corrected chi connectivity index (χ1v) is 11.2. The van der Waals surface area contributed by atoms with E-state index in [0.29, 0.717) is 43.9 Å². The monoisotopic (exact) mass is 433 g/mol. The van der Waals surface area contributed by atoms with Crippen LogP contribution in [0.3, 0.4) is 0 Å². The molecule has 2 aromatic rings. The van der Waals surface area contributed by atoms with E-state index in [1.807, 2.05) is 44.2 Å². The van der Waals surface area contributed by atoms with E-state index in [2.05, 4.69) is 28.0 Å². The van der Waals surface area contributed by atoms with Crippen molar-refractivity contribution in [1.29, 1.82) is 0 Å². The second kappa shape index (κ2) is 9.57. The van der Waals surface area contributed by atoms with E-state index in [9.17, 15) is 9.59 Å². The van der Waals surface area contributed by atoms with Gasteiger partial charge in [-0.25, -0.2) is 0 Å². The molecule has 6 nitrogen and oxygen atoms in total. The van der Waals surface area contributed by atoms with Crippen LogP contribution in [0.1, 0.15) is 23.1 Å². The van der Waals surface area contributed by atoms with Gasteiger partial charge in [-0.15, -0.1) is 0 Å². The van der Waals surface area contributed by atoms with Gasteiger partial charge in [0, 0.05) is 52.1 Å². The zero-order valence-electron chi connectivity index (χ0n) is 19.1. The molecule has 6 heteroatoms. The highest BCUT2D eigenvalue weighted by Gasteiger charge is 2.42. The van der Waals surface area contributed by atoms with E-state index in [0.717, 1.165) is 29.8 Å². The zero-order chi connectivity index (χ0) is 22.7. The van der Waals surface area contributed by atoms with Crippen LogP contribution in [0.4, 0.5) is 5.69 Å². The Labute approximate surface area is 190 Å². The van der Waals surface area contributed by atoms with Crippen molar-refractivity contribution in [1.82, 2.24) is 9.80 Å². The van der Waals surface area contributed by atoms with Crippen molar-refractivity contribution in [3.63, 3.8) is 0 Å². The van der Waals surface area contributed by atoms with Crippen molar-refractivity contribution in [2.75, 3.05) is 51.3 Å². The number of para-hydroxylation sites is 1. The number of hydrogen-bond acceptors (Lipinski definition) is 5. The van der Waals surface area contributed by atoms with Crippen LogP contribution in [0.25, 0.3) is 5.57 Å². The van der Waals surface area contributed by atoms with Crippen LogP contribution in [0.5, 0.6) is 0 Å². The van der Waals surface area contributed by atoms with Crippen LogP contribution in [-0.4, -0.2) is 68.1 Å². The van der Waals surface area contributed by atoms with Gasteiger partial charge in [-0.3, -0.25) is 14.5 Å². The molecule has 0 N–H and O–H groups in total. The molecular formula is C26H31N3O3. The largest absolute Gasteiger partial charge is 0.385 e. The number of carbonyl (C=O) groups excluding carboxylic acids is 2. The third-order valence-corrected chi connectivity index (χ3v) is 6.24. The number of aryl methyl sites for hydroxylation is 2. The number of piperazine rings is 1. The standard InChI is InChI=1S/C26H31N3O3/c1-19-10-11-22(20(2)18-19)23-24(26(31)29(25(23)30)12-7-17-32-3)28-15-13-27(14-16-28)21-8-5-4-6-9-21/h4-6,8-11,18H,7,12-17H2,1-3H3. The number of amides is 2. The lowest BCUT2D eigenvalue weighted by atomic mass is 9.97. The minimum Gasteiger partial charge on any atom is -0.385 e. The second-order valence-electron chi connectivity index (χ2n) is 8.46. The number of benzene rings is 2. The number of ether oxygens (including phenoxy) is 1. The van der Waals surface area contributed by atoms with Gasteiger partial charge < -0.3 is 14.5 Å². The fourth-order valence-corrected chi connectivity index (χ4v) is 4.59. The summed E-state index contributed by atoms with van der Waals surface area (Å²) >= 11 is 0. The van der Waals surface area contributed by atoms with Gasteiger partial charge in [0.25, 0.3) is 11.8 Å². The fourth-order valence-electron chi connectivity index (χ4n) is 4.59. The lowest BCUT2D eigenvalue weighted by Gasteiger charge is -2.37. The first-order valence-electron chi connectivity index (χ1n) is 11.2. The van der Waals surface area contributed by atoms with Gasteiger partial charge in [-0.05, 0) is 43.5 Å². The molecule has 2 amide bonds. The maximum atomic E-state index is 13.5. The van der Waals surface area contributed by atoms with Gasteiger partial charge in [0.15, 0.2) is 0 Å². The minimum absolute atomic E-state index is 0.186. The van der Waals surface area contributed by atoms with E-state index in [4.69, 9.17) is 4.74 Å². The van der Waals surface area contributed by atoms with E-state index in [-0.39, 0.29) is 11.8 Å². The molecule has 32 heavy (non-hydrogen) atoms. The van der Waals surface area contributed by atoms with Crippen LogP contribution >= 0.6 is 0 Å². The molecule has 4 rings (SSSR count). The molecule has 0 unspecified atom stereocenters. The average Bonchev–Trinajstić information content (AvgIpc) is 3.04. The summed E-state index contributed by atoms with van der Waals surface area (Å²) in [6, 6.07) is 16.4. The van der Waals surface area contributed by atoms with E-state index < -0.39 is 0 Å². The normalized spacial score (nSPS) is 17.0. The van der Waals surface area contributed by atoms with Gasteiger partial charge >= 0.3 is 0 Å². The molecule has 0 aliphatic carbocycles. The van der Waals surface area contributed by atoms with Crippen molar-refractivity contribution >= 4 is 23.1 Å². The SMILES string of the molecule is COCCCN1C(=O)C(c2ccc(C)cc2C)=C(N2CCN(c3ccccc3)CC2)C1=O. The second-order valence-corrected chi connectivity index (χ2v) is 8.46. The summed E-state index contributed by atoms with van der Waals surface area (Å²) in [7, 11) is 1.63. The number of anilines is 1. The Kier molecular flexibility index (Phi) is 6.61. The van der Waals surface area contributed by atoms with Gasteiger partial charge in [-0.2, -0.15) is 0 Å². The first-order chi connectivity index (χ1) is 15.5. The molecule has 0 bridgehead atoms.